The van der Waals surface area contributed by atoms with E-state index in [1.807, 2.05) is 6.92 Å². The lowest BCUT2D eigenvalue weighted by Gasteiger charge is -2.12. The average molecular weight is 376 g/mol. The van der Waals surface area contributed by atoms with Crippen LogP contribution in [-0.4, -0.2) is 17.8 Å². The van der Waals surface area contributed by atoms with Crippen LogP contribution in [0.5, 0.6) is 0 Å². The van der Waals surface area contributed by atoms with E-state index in [1.165, 1.54) is 11.3 Å². The van der Waals surface area contributed by atoms with E-state index in [1.54, 1.807) is 6.07 Å². The van der Waals surface area contributed by atoms with E-state index in [4.69, 9.17) is 11.6 Å². The first-order valence-corrected chi connectivity index (χ1v) is 7.33. The van der Waals surface area contributed by atoms with Crippen molar-refractivity contribution in [1.82, 2.24) is 5.32 Å². The van der Waals surface area contributed by atoms with Gasteiger partial charge in [-0.25, -0.2) is 0 Å². The number of rotatable bonds is 4. The van der Waals surface area contributed by atoms with Gasteiger partial charge in [0, 0.05) is 11.9 Å². The van der Waals surface area contributed by atoms with Gasteiger partial charge in [0.15, 0.2) is 0 Å². The summed E-state index contributed by atoms with van der Waals surface area (Å²) in [6, 6.07) is 1.83. The molecule has 1 aromatic heterocycles. The lowest BCUT2D eigenvalue weighted by atomic mass is 10.2. The molecule has 1 unspecified atom stereocenters. The van der Waals surface area contributed by atoms with Crippen LogP contribution in [0, 0.1) is 0 Å². The number of carbonyl (C=O) groups excluding carboxylic acids is 1. The average Bonchev–Trinajstić information content (AvgIpc) is 2.54. The number of halogens is 3. The summed E-state index contributed by atoms with van der Waals surface area (Å²) in [7, 11) is 0. The predicted octanol–water partition coefficient (Wildman–Crippen LogP) is 4.02. The predicted molar refractivity (Wildman–Crippen MR) is 72.0 cm³/mol. The Morgan fingerprint density at radius 1 is 1.67 bits per heavy atom. The van der Waals surface area contributed by atoms with E-state index in [0.29, 0.717) is 11.4 Å². The minimum atomic E-state index is -0.0867. The van der Waals surface area contributed by atoms with Gasteiger partial charge in [-0.2, -0.15) is 0 Å². The van der Waals surface area contributed by atoms with Gasteiger partial charge in [-0.3, -0.25) is 4.79 Å². The Balaban J connectivity index is 2.72. The van der Waals surface area contributed by atoms with Crippen molar-refractivity contribution < 1.29 is 4.79 Å². The highest BCUT2D eigenvalue weighted by Crippen LogP contribution is 2.31. The Morgan fingerprint density at radius 3 is 2.73 bits per heavy atom. The number of carbonyl (C=O) groups is 1. The molecular weight excluding hydrogens is 365 g/mol. The summed E-state index contributed by atoms with van der Waals surface area (Å²) in [6.45, 7) is 1.99. The van der Waals surface area contributed by atoms with Crippen molar-refractivity contribution in [2.45, 2.75) is 19.4 Å². The summed E-state index contributed by atoms with van der Waals surface area (Å²) < 4.78 is 1.76. The third kappa shape index (κ3) is 3.73. The first kappa shape index (κ1) is 13.5. The summed E-state index contributed by atoms with van der Waals surface area (Å²) in [5.41, 5.74) is 0.649. The first-order chi connectivity index (χ1) is 7.08. The molecule has 0 spiro atoms. The fraction of sp³-hybridized carbons (Fsp3) is 0.444. The molecule has 84 valence electrons. The van der Waals surface area contributed by atoms with Gasteiger partial charge in [0.1, 0.15) is 0 Å². The molecule has 0 saturated heterocycles. The molecule has 0 bridgehead atoms. The second-order valence-electron chi connectivity index (χ2n) is 2.97. The maximum Gasteiger partial charge on any atom is 0.253 e. The summed E-state index contributed by atoms with van der Waals surface area (Å²) in [5, 5.41) is 2.87. The quantitative estimate of drug-likeness (QED) is 0.792. The molecule has 0 aliphatic rings. The van der Waals surface area contributed by atoms with Crippen molar-refractivity contribution in [1.29, 1.82) is 0 Å². The molecule has 1 heterocycles. The van der Waals surface area contributed by atoms with Crippen LogP contribution in [0.1, 0.15) is 23.7 Å². The number of nitrogens with one attached hydrogen (secondary N) is 1. The van der Waals surface area contributed by atoms with Crippen molar-refractivity contribution in [3.8, 4) is 0 Å². The summed E-state index contributed by atoms with van der Waals surface area (Å²) >= 11 is 13.9. The van der Waals surface area contributed by atoms with Crippen molar-refractivity contribution in [2.24, 2.45) is 0 Å². The topological polar surface area (TPSA) is 29.1 Å². The highest BCUT2D eigenvalue weighted by atomic mass is 79.9. The zero-order valence-electron chi connectivity index (χ0n) is 8.02. The van der Waals surface area contributed by atoms with Crippen LogP contribution < -0.4 is 5.32 Å². The van der Waals surface area contributed by atoms with Crippen LogP contribution in [0.4, 0.5) is 0 Å². The smallest absolute Gasteiger partial charge is 0.253 e. The maximum atomic E-state index is 11.8. The van der Waals surface area contributed by atoms with Gasteiger partial charge < -0.3 is 5.32 Å². The van der Waals surface area contributed by atoms with Crippen LogP contribution in [-0.2, 0) is 0 Å². The van der Waals surface area contributed by atoms with Gasteiger partial charge in [0.25, 0.3) is 5.91 Å². The molecule has 0 radical (unpaired) electrons. The summed E-state index contributed by atoms with van der Waals surface area (Å²) in [5.74, 6) is 0.349. The number of amides is 1. The standard InChI is InChI=1S/C9H10Br2ClNOS/c1-2-5(4-12)13-9(14)6-3-7(10)15-8(6)11/h3,5H,2,4H2,1H3,(H,13,14). The molecule has 1 rings (SSSR count). The highest BCUT2D eigenvalue weighted by Gasteiger charge is 2.16. The van der Waals surface area contributed by atoms with Gasteiger partial charge in [-0.15, -0.1) is 22.9 Å². The molecule has 15 heavy (non-hydrogen) atoms. The van der Waals surface area contributed by atoms with E-state index < -0.39 is 0 Å². The molecule has 6 heteroatoms. The molecule has 1 aromatic rings. The van der Waals surface area contributed by atoms with Crippen molar-refractivity contribution in [2.75, 3.05) is 5.88 Å². The second kappa shape index (κ2) is 6.23. The Bertz CT molecular complexity index is 352. The largest absolute Gasteiger partial charge is 0.348 e. The zero-order valence-corrected chi connectivity index (χ0v) is 12.8. The molecule has 0 aliphatic carbocycles. The number of hydrogen-bond acceptors (Lipinski definition) is 2. The summed E-state index contributed by atoms with van der Waals surface area (Å²) in [4.78, 5) is 11.8. The molecule has 0 aromatic carbocycles. The van der Waals surface area contributed by atoms with Gasteiger partial charge in [0.2, 0.25) is 0 Å². The normalized spacial score (nSPS) is 12.5. The molecule has 2 nitrogen and oxygen atoms in total. The number of hydrogen-bond donors (Lipinski definition) is 1. The van der Waals surface area contributed by atoms with E-state index in [0.717, 1.165) is 14.0 Å². The fourth-order valence-electron chi connectivity index (χ4n) is 1.01. The Kier molecular flexibility index (Phi) is 5.60. The van der Waals surface area contributed by atoms with Crippen LogP contribution in [0.3, 0.4) is 0 Å². The highest BCUT2D eigenvalue weighted by molar-refractivity contribution is 9.12. The van der Waals surface area contributed by atoms with Crippen molar-refractivity contribution >= 4 is 60.7 Å². The Morgan fingerprint density at radius 2 is 2.33 bits per heavy atom. The molecule has 0 saturated carbocycles. The molecule has 1 atom stereocenters. The van der Waals surface area contributed by atoms with E-state index in [2.05, 4.69) is 37.2 Å². The van der Waals surface area contributed by atoms with Gasteiger partial charge >= 0.3 is 0 Å². The van der Waals surface area contributed by atoms with Crippen molar-refractivity contribution in [3.63, 3.8) is 0 Å². The second-order valence-corrected chi connectivity index (χ2v) is 7.03. The minimum absolute atomic E-state index is 0.0322. The third-order valence-corrected chi connectivity index (χ3v) is 4.63. The Hall–Kier alpha value is 0.420. The van der Waals surface area contributed by atoms with Crippen LogP contribution >= 0.6 is 54.8 Å². The monoisotopic (exact) mass is 373 g/mol. The maximum absolute atomic E-state index is 11.8. The molecule has 1 amide bonds. The molecule has 1 N–H and O–H groups in total. The number of alkyl halides is 1. The van der Waals surface area contributed by atoms with Crippen LogP contribution in [0.15, 0.2) is 13.6 Å². The molecule has 0 fully saturated rings. The zero-order chi connectivity index (χ0) is 11.4. The molecular formula is C9H10Br2ClNOS. The van der Waals surface area contributed by atoms with Crippen molar-refractivity contribution in [3.05, 3.63) is 19.2 Å². The van der Waals surface area contributed by atoms with Gasteiger partial charge in [0.05, 0.1) is 13.1 Å². The first-order valence-electron chi connectivity index (χ1n) is 4.40. The van der Waals surface area contributed by atoms with Crippen LogP contribution in [0.25, 0.3) is 0 Å². The minimum Gasteiger partial charge on any atom is -0.348 e. The lowest BCUT2D eigenvalue weighted by molar-refractivity contribution is 0.0939. The van der Waals surface area contributed by atoms with Gasteiger partial charge in [-0.1, -0.05) is 6.92 Å². The van der Waals surface area contributed by atoms with E-state index in [9.17, 15) is 4.79 Å². The third-order valence-electron chi connectivity index (χ3n) is 1.92. The van der Waals surface area contributed by atoms with Gasteiger partial charge in [-0.05, 0) is 44.3 Å². The fourth-order valence-corrected chi connectivity index (χ4v) is 4.10. The van der Waals surface area contributed by atoms with E-state index >= 15 is 0 Å². The van der Waals surface area contributed by atoms with E-state index in [-0.39, 0.29) is 11.9 Å². The SMILES string of the molecule is CCC(CCl)NC(=O)c1cc(Br)sc1Br. The lowest BCUT2D eigenvalue weighted by Crippen LogP contribution is -2.35. The Labute approximate surface area is 115 Å². The van der Waals surface area contributed by atoms with Crippen LogP contribution in [0.2, 0.25) is 0 Å². The number of thiophene rings is 1. The molecule has 0 aliphatic heterocycles. The summed E-state index contributed by atoms with van der Waals surface area (Å²) in [6.07, 6.45) is 0.832.